The summed E-state index contributed by atoms with van der Waals surface area (Å²) in [6.07, 6.45) is 10.2. The van der Waals surface area contributed by atoms with E-state index in [4.69, 9.17) is 27.9 Å². The first-order valence-electron chi connectivity index (χ1n) is 14.9. The first-order chi connectivity index (χ1) is 20.9. The molecule has 9 nitrogen and oxygen atoms in total. The second-order valence-electron chi connectivity index (χ2n) is 12.7. The van der Waals surface area contributed by atoms with E-state index in [0.717, 1.165) is 66.2 Å². The Morgan fingerprint density at radius 1 is 0.977 bits per heavy atom. The lowest BCUT2D eigenvalue weighted by Crippen LogP contribution is -2.41. The van der Waals surface area contributed by atoms with Crippen molar-refractivity contribution in [1.82, 2.24) is 20.1 Å². The third-order valence-corrected chi connectivity index (χ3v) is 8.67. The van der Waals surface area contributed by atoms with Crippen molar-refractivity contribution in [3.8, 4) is 16.9 Å². The highest BCUT2D eigenvalue weighted by molar-refractivity contribution is 6.37. The van der Waals surface area contributed by atoms with E-state index in [0.29, 0.717) is 11.3 Å². The molecule has 0 saturated heterocycles. The molecule has 4 aromatic rings. The van der Waals surface area contributed by atoms with Gasteiger partial charge in [-0.15, -0.1) is 0 Å². The van der Waals surface area contributed by atoms with Gasteiger partial charge in [0.1, 0.15) is 5.60 Å². The molecule has 2 heterocycles. The van der Waals surface area contributed by atoms with Crippen molar-refractivity contribution in [2.24, 2.45) is 5.92 Å². The van der Waals surface area contributed by atoms with Gasteiger partial charge in [-0.3, -0.25) is 14.5 Å². The van der Waals surface area contributed by atoms with Gasteiger partial charge in [-0.05, 0) is 94.7 Å². The van der Waals surface area contributed by atoms with Gasteiger partial charge in [0.05, 0.1) is 44.7 Å². The van der Waals surface area contributed by atoms with E-state index in [-0.39, 0.29) is 45.7 Å². The second-order valence-corrected chi connectivity index (χ2v) is 13.5. The molecule has 1 amide bonds. The second kappa shape index (κ2) is 11.9. The number of ketones is 1. The number of phenols is 1. The Kier molecular flexibility index (Phi) is 8.20. The standard InChI is InChI=1S/C33H35Cl2N5O4/c1-33(2,3)44-32(43)39-21-7-9-23(10-8-21)40-17-22(15-37-40)38-29-24-12-19(20-13-26(34)31(42)27(35)14-20)6-11-28(24)36-16-25(29)30(41)18-4-5-18/h6,11-18,21,23,42H,4-5,7-10H2,1-3H3,(H,36,38)(H,39,43). The molecule has 0 spiro atoms. The van der Waals surface area contributed by atoms with Crippen LogP contribution in [0.2, 0.25) is 10.0 Å². The molecule has 0 aliphatic heterocycles. The Morgan fingerprint density at radius 3 is 2.34 bits per heavy atom. The van der Waals surface area contributed by atoms with E-state index >= 15 is 0 Å². The van der Waals surface area contributed by atoms with E-state index in [1.807, 2.05) is 49.8 Å². The predicted molar refractivity (Wildman–Crippen MR) is 172 cm³/mol. The Bertz CT molecular complexity index is 1710. The number of Topliss-reactive ketones (excluding diaryl/α,β-unsaturated/α-hetero) is 1. The first-order valence-corrected chi connectivity index (χ1v) is 15.7. The van der Waals surface area contributed by atoms with Gasteiger partial charge in [0.15, 0.2) is 11.5 Å². The number of amides is 1. The van der Waals surface area contributed by atoms with Crippen LogP contribution >= 0.6 is 23.2 Å². The molecule has 0 atom stereocenters. The maximum Gasteiger partial charge on any atom is 0.407 e. The maximum atomic E-state index is 13.4. The van der Waals surface area contributed by atoms with Crippen LogP contribution in [0.1, 0.15) is 75.7 Å². The molecule has 2 aromatic heterocycles. The number of nitrogens with zero attached hydrogens (tertiary/aromatic N) is 3. The minimum absolute atomic E-state index is 0.0138. The highest BCUT2D eigenvalue weighted by Crippen LogP contribution is 2.41. The summed E-state index contributed by atoms with van der Waals surface area (Å²) in [6, 6.07) is 9.34. The fourth-order valence-electron chi connectivity index (χ4n) is 5.70. The first kappa shape index (κ1) is 30.2. The lowest BCUT2D eigenvalue weighted by atomic mass is 9.91. The molecular formula is C33H35Cl2N5O4. The van der Waals surface area contributed by atoms with Crippen LogP contribution in [-0.4, -0.2) is 43.4 Å². The molecule has 230 valence electrons. The zero-order valence-corrected chi connectivity index (χ0v) is 26.4. The summed E-state index contributed by atoms with van der Waals surface area (Å²) in [7, 11) is 0. The molecule has 2 aromatic carbocycles. The van der Waals surface area contributed by atoms with E-state index in [1.54, 1.807) is 24.5 Å². The summed E-state index contributed by atoms with van der Waals surface area (Å²) in [5.41, 5.74) is 3.72. The summed E-state index contributed by atoms with van der Waals surface area (Å²) >= 11 is 12.4. The fraction of sp³-hybridized carbons (Fsp3) is 0.394. The van der Waals surface area contributed by atoms with Gasteiger partial charge in [0, 0.05) is 29.7 Å². The zero-order chi connectivity index (χ0) is 31.2. The van der Waals surface area contributed by atoms with Crippen molar-refractivity contribution in [3.63, 3.8) is 0 Å². The number of carbonyl (C=O) groups is 2. The SMILES string of the molecule is CC(C)(C)OC(=O)NC1CCC(n2cc(Nc3c(C(=O)C4CC4)cnc4ccc(-c5cc(Cl)c(O)c(Cl)c5)cc34)cn2)CC1. The average molecular weight is 637 g/mol. The average Bonchev–Trinajstić information content (AvgIpc) is 3.73. The van der Waals surface area contributed by atoms with Gasteiger partial charge in [0.25, 0.3) is 0 Å². The van der Waals surface area contributed by atoms with Crippen LogP contribution in [0.4, 0.5) is 16.2 Å². The number of fused-ring (bicyclic) bond motifs is 1. The van der Waals surface area contributed by atoms with E-state index in [2.05, 4.69) is 20.7 Å². The molecule has 2 aliphatic carbocycles. The number of aromatic hydroxyl groups is 1. The Labute approximate surface area is 265 Å². The molecule has 2 saturated carbocycles. The number of hydrogen-bond acceptors (Lipinski definition) is 7. The number of rotatable bonds is 7. The molecule has 0 unspecified atom stereocenters. The molecule has 3 N–H and O–H groups in total. The molecule has 2 fully saturated rings. The Balaban J connectivity index is 1.25. The molecule has 44 heavy (non-hydrogen) atoms. The van der Waals surface area contributed by atoms with Gasteiger partial charge in [-0.2, -0.15) is 5.10 Å². The summed E-state index contributed by atoms with van der Waals surface area (Å²) < 4.78 is 7.37. The van der Waals surface area contributed by atoms with Crippen LogP contribution in [0.15, 0.2) is 48.9 Å². The molecule has 6 rings (SSSR count). The van der Waals surface area contributed by atoms with E-state index in [9.17, 15) is 14.7 Å². The van der Waals surface area contributed by atoms with E-state index in [1.165, 1.54) is 0 Å². The lowest BCUT2D eigenvalue weighted by molar-refractivity contribution is 0.0487. The van der Waals surface area contributed by atoms with Crippen molar-refractivity contribution >= 4 is 57.4 Å². The number of hydrogen-bond donors (Lipinski definition) is 3. The highest BCUT2D eigenvalue weighted by Gasteiger charge is 2.33. The number of anilines is 2. The van der Waals surface area contributed by atoms with E-state index < -0.39 is 5.60 Å². The van der Waals surface area contributed by atoms with Crippen LogP contribution in [0.25, 0.3) is 22.0 Å². The number of benzene rings is 2. The normalized spacial score (nSPS) is 18.7. The minimum atomic E-state index is -0.530. The largest absolute Gasteiger partial charge is 0.505 e. The van der Waals surface area contributed by atoms with Crippen LogP contribution in [0, 0.1) is 5.92 Å². The summed E-state index contributed by atoms with van der Waals surface area (Å²) in [5.74, 6) is -0.0740. The van der Waals surface area contributed by atoms with Gasteiger partial charge in [-0.1, -0.05) is 29.3 Å². The number of phenolic OH excluding ortho intramolecular Hbond substituents is 1. The summed E-state index contributed by atoms with van der Waals surface area (Å²) in [4.78, 5) is 30.2. The molecule has 11 heteroatoms. The maximum absolute atomic E-state index is 13.4. The monoisotopic (exact) mass is 635 g/mol. The molecular weight excluding hydrogens is 601 g/mol. The summed E-state index contributed by atoms with van der Waals surface area (Å²) in [6.45, 7) is 5.56. The van der Waals surface area contributed by atoms with Gasteiger partial charge in [0.2, 0.25) is 0 Å². The van der Waals surface area contributed by atoms with Crippen LogP contribution in [-0.2, 0) is 4.74 Å². The van der Waals surface area contributed by atoms with Crippen molar-refractivity contribution in [2.75, 3.05) is 5.32 Å². The topological polar surface area (TPSA) is 118 Å². The van der Waals surface area contributed by atoms with Gasteiger partial charge < -0.3 is 20.5 Å². The minimum Gasteiger partial charge on any atom is -0.505 e. The van der Waals surface area contributed by atoms with Gasteiger partial charge >= 0.3 is 6.09 Å². The predicted octanol–water partition coefficient (Wildman–Crippen LogP) is 8.46. The molecule has 0 radical (unpaired) electrons. The number of carbonyl (C=O) groups excluding carboxylic acids is 2. The lowest BCUT2D eigenvalue weighted by Gasteiger charge is -2.30. The Morgan fingerprint density at radius 2 is 1.68 bits per heavy atom. The number of aromatic nitrogens is 3. The van der Waals surface area contributed by atoms with Crippen molar-refractivity contribution in [2.45, 2.75) is 77.0 Å². The smallest absolute Gasteiger partial charge is 0.407 e. The number of halogens is 2. The van der Waals surface area contributed by atoms with Gasteiger partial charge in [-0.25, -0.2) is 4.79 Å². The number of pyridine rings is 1. The zero-order valence-electron chi connectivity index (χ0n) is 24.9. The number of alkyl carbamates (subject to hydrolysis) is 1. The highest BCUT2D eigenvalue weighted by atomic mass is 35.5. The number of ether oxygens (including phenoxy) is 1. The summed E-state index contributed by atoms with van der Waals surface area (Å²) in [5, 5.41) is 22.3. The molecule has 2 aliphatic rings. The van der Waals surface area contributed by atoms with Crippen LogP contribution < -0.4 is 10.6 Å². The van der Waals surface area contributed by atoms with Crippen molar-refractivity contribution in [3.05, 3.63) is 64.5 Å². The number of nitrogens with one attached hydrogen (secondary N) is 2. The van der Waals surface area contributed by atoms with Crippen LogP contribution in [0.5, 0.6) is 5.75 Å². The molecule has 0 bridgehead atoms. The van der Waals surface area contributed by atoms with Crippen molar-refractivity contribution in [1.29, 1.82) is 0 Å². The van der Waals surface area contributed by atoms with Crippen molar-refractivity contribution < 1.29 is 19.4 Å². The third kappa shape index (κ3) is 6.64. The van der Waals surface area contributed by atoms with Crippen LogP contribution in [0.3, 0.4) is 0 Å². The Hall–Kier alpha value is -3.82. The quantitative estimate of drug-likeness (QED) is 0.174. The third-order valence-electron chi connectivity index (χ3n) is 8.09. The fourth-order valence-corrected chi connectivity index (χ4v) is 6.18.